The Balaban J connectivity index is 1.44. The van der Waals surface area contributed by atoms with Gasteiger partial charge in [-0.15, -0.1) is 0 Å². The van der Waals surface area contributed by atoms with Gasteiger partial charge in [0.2, 0.25) is 17.7 Å². The van der Waals surface area contributed by atoms with Crippen molar-refractivity contribution in [1.82, 2.24) is 10.2 Å². The van der Waals surface area contributed by atoms with Crippen molar-refractivity contribution in [2.75, 3.05) is 19.7 Å². The number of hydrogen-bond acceptors (Lipinski definition) is 4. The van der Waals surface area contributed by atoms with Crippen molar-refractivity contribution in [2.24, 2.45) is 0 Å². The average molecular weight is 350 g/mol. The lowest BCUT2D eigenvalue weighted by molar-refractivity contribution is -0.142. The molecule has 1 N–H and O–H groups in total. The van der Waals surface area contributed by atoms with Crippen molar-refractivity contribution >= 4 is 28.5 Å². The number of carbonyl (C=O) groups is 3. The second kappa shape index (κ2) is 8.17. The van der Waals surface area contributed by atoms with E-state index in [9.17, 15) is 14.4 Å². The molecular weight excluding hydrogens is 332 g/mol. The second-order valence-corrected chi connectivity index (χ2v) is 5.77. The van der Waals surface area contributed by atoms with Crippen LogP contribution in [0.3, 0.4) is 0 Å². The summed E-state index contributed by atoms with van der Waals surface area (Å²) in [4.78, 5) is 35.6. The number of nitrogens with zero attached hydrogens (tertiary/aromatic N) is 1. The third kappa shape index (κ3) is 4.19. The van der Waals surface area contributed by atoms with Crippen LogP contribution in [0.4, 0.5) is 0 Å². The highest BCUT2D eigenvalue weighted by Gasteiger charge is 2.30. The van der Waals surface area contributed by atoms with Crippen LogP contribution in [0.1, 0.15) is 12.8 Å². The molecule has 3 amide bonds. The minimum absolute atomic E-state index is 0.133. The summed E-state index contributed by atoms with van der Waals surface area (Å²) >= 11 is 0. The van der Waals surface area contributed by atoms with Crippen LogP contribution in [0.15, 0.2) is 42.5 Å². The molecule has 1 heterocycles. The summed E-state index contributed by atoms with van der Waals surface area (Å²) in [5.41, 5.74) is 0. The minimum Gasteiger partial charge on any atom is -0.480 e. The molecule has 0 radical (unpaired) electrons. The number of imide groups is 1. The van der Waals surface area contributed by atoms with E-state index in [1.54, 1.807) is 0 Å². The van der Waals surface area contributed by atoms with Gasteiger partial charge in [-0.3, -0.25) is 19.3 Å². The molecule has 0 atom stereocenters. The third-order valence-corrected chi connectivity index (χ3v) is 4.00. The first-order chi connectivity index (χ1) is 12.6. The van der Waals surface area contributed by atoms with Crippen LogP contribution in [0, 0.1) is 11.8 Å². The molecule has 2 aromatic rings. The zero-order valence-corrected chi connectivity index (χ0v) is 14.2. The maximum Gasteiger partial charge on any atom is 0.240 e. The Labute approximate surface area is 151 Å². The lowest BCUT2D eigenvalue weighted by Gasteiger charge is -2.12. The van der Waals surface area contributed by atoms with E-state index in [4.69, 9.17) is 4.74 Å². The summed E-state index contributed by atoms with van der Waals surface area (Å²) in [6.45, 7) is 0.0901. The van der Waals surface area contributed by atoms with Crippen LogP contribution in [0.25, 0.3) is 10.8 Å². The Kier molecular flexibility index (Phi) is 5.49. The molecule has 1 saturated heterocycles. The molecule has 6 nitrogen and oxygen atoms in total. The molecule has 1 fully saturated rings. The predicted octanol–water partition coefficient (Wildman–Crippen LogP) is 1.49. The van der Waals surface area contributed by atoms with Crippen molar-refractivity contribution in [3.05, 3.63) is 42.5 Å². The normalized spacial score (nSPS) is 13.5. The standard InChI is InChI=1S/C20H18N2O4/c23-18(14-22-19(24)10-11-20(22)25)21-12-3-4-13-26-17-9-5-7-15-6-1-2-8-16(15)17/h1-2,5-9H,10-14H2,(H,21,23). The first-order valence-corrected chi connectivity index (χ1v) is 8.31. The molecule has 1 aliphatic rings. The summed E-state index contributed by atoms with van der Waals surface area (Å²) in [5, 5.41) is 4.68. The van der Waals surface area contributed by atoms with Gasteiger partial charge in [0.25, 0.3) is 0 Å². The Bertz CT molecular complexity index is 889. The zero-order valence-electron chi connectivity index (χ0n) is 14.2. The van der Waals surface area contributed by atoms with E-state index in [1.165, 1.54) is 0 Å². The Hall–Kier alpha value is -3.33. The lowest BCUT2D eigenvalue weighted by Crippen LogP contribution is -2.40. The number of fused-ring (bicyclic) bond motifs is 1. The number of rotatable bonds is 5. The lowest BCUT2D eigenvalue weighted by atomic mass is 10.1. The molecule has 1 aliphatic heterocycles. The molecule has 6 heteroatoms. The van der Waals surface area contributed by atoms with Crippen molar-refractivity contribution in [1.29, 1.82) is 0 Å². The average Bonchev–Trinajstić information content (AvgIpc) is 2.96. The van der Waals surface area contributed by atoms with Crippen LogP contribution in [-0.4, -0.2) is 42.3 Å². The van der Waals surface area contributed by atoms with Gasteiger partial charge < -0.3 is 10.1 Å². The Morgan fingerprint density at radius 3 is 2.58 bits per heavy atom. The van der Waals surface area contributed by atoms with Crippen LogP contribution in [0.5, 0.6) is 5.75 Å². The largest absolute Gasteiger partial charge is 0.480 e. The predicted molar refractivity (Wildman–Crippen MR) is 96.2 cm³/mol. The van der Waals surface area contributed by atoms with E-state index in [1.807, 2.05) is 42.5 Å². The van der Waals surface area contributed by atoms with E-state index >= 15 is 0 Å². The summed E-state index contributed by atoms with van der Waals surface area (Å²) in [5.74, 6) is 5.36. The number of likely N-dealkylation sites (tertiary alicyclic amines) is 1. The van der Waals surface area contributed by atoms with E-state index in [-0.39, 0.29) is 44.4 Å². The fourth-order valence-corrected chi connectivity index (χ4v) is 2.69. The Morgan fingerprint density at radius 2 is 1.77 bits per heavy atom. The number of benzene rings is 2. The highest BCUT2D eigenvalue weighted by molar-refractivity contribution is 6.04. The third-order valence-electron chi connectivity index (χ3n) is 4.00. The monoisotopic (exact) mass is 350 g/mol. The molecular formula is C20H18N2O4. The van der Waals surface area contributed by atoms with Gasteiger partial charge in [-0.2, -0.15) is 0 Å². The molecule has 0 unspecified atom stereocenters. The topological polar surface area (TPSA) is 75.7 Å². The number of ether oxygens (including phenoxy) is 1. The summed E-state index contributed by atoms with van der Waals surface area (Å²) in [6, 6.07) is 13.7. The summed E-state index contributed by atoms with van der Waals surface area (Å²) in [6.07, 6.45) is 0.356. The second-order valence-electron chi connectivity index (χ2n) is 5.77. The van der Waals surface area contributed by atoms with E-state index in [2.05, 4.69) is 17.2 Å². The van der Waals surface area contributed by atoms with Crippen molar-refractivity contribution in [2.45, 2.75) is 12.8 Å². The van der Waals surface area contributed by atoms with Gasteiger partial charge >= 0.3 is 0 Å². The van der Waals surface area contributed by atoms with Crippen molar-refractivity contribution in [3.8, 4) is 17.6 Å². The van der Waals surface area contributed by atoms with Crippen LogP contribution < -0.4 is 10.1 Å². The number of nitrogens with one attached hydrogen (secondary N) is 1. The first kappa shape index (κ1) is 17.5. The summed E-state index contributed by atoms with van der Waals surface area (Å²) in [7, 11) is 0. The molecule has 0 saturated carbocycles. The molecule has 0 bridgehead atoms. The molecule has 3 rings (SSSR count). The van der Waals surface area contributed by atoms with Gasteiger partial charge in [0.15, 0.2) is 0 Å². The maximum absolute atomic E-state index is 11.7. The van der Waals surface area contributed by atoms with E-state index in [0.717, 1.165) is 21.4 Å². The van der Waals surface area contributed by atoms with Crippen molar-refractivity contribution in [3.63, 3.8) is 0 Å². The highest BCUT2D eigenvalue weighted by atomic mass is 16.5. The maximum atomic E-state index is 11.7. The molecule has 132 valence electrons. The van der Waals surface area contributed by atoms with E-state index < -0.39 is 5.91 Å². The Morgan fingerprint density at radius 1 is 1.04 bits per heavy atom. The fraction of sp³-hybridized carbons (Fsp3) is 0.250. The van der Waals surface area contributed by atoms with Gasteiger partial charge in [-0.05, 0) is 11.5 Å². The van der Waals surface area contributed by atoms with E-state index in [0.29, 0.717) is 0 Å². The number of hydrogen-bond donors (Lipinski definition) is 1. The first-order valence-electron chi connectivity index (χ1n) is 8.31. The van der Waals surface area contributed by atoms with Gasteiger partial charge in [-0.1, -0.05) is 48.2 Å². The molecule has 26 heavy (non-hydrogen) atoms. The highest BCUT2D eigenvalue weighted by Crippen LogP contribution is 2.24. The smallest absolute Gasteiger partial charge is 0.240 e. The van der Waals surface area contributed by atoms with Gasteiger partial charge in [0.05, 0.1) is 6.54 Å². The van der Waals surface area contributed by atoms with Gasteiger partial charge in [-0.25, -0.2) is 0 Å². The molecule has 2 aromatic carbocycles. The SMILES string of the molecule is O=C(CN1C(=O)CCC1=O)NCC#CCOc1cccc2ccccc12. The van der Waals surface area contributed by atoms with Gasteiger partial charge in [0, 0.05) is 18.2 Å². The molecule has 0 spiro atoms. The van der Waals surface area contributed by atoms with Crippen LogP contribution in [0.2, 0.25) is 0 Å². The number of amides is 3. The zero-order chi connectivity index (χ0) is 18.4. The molecule has 0 aromatic heterocycles. The quantitative estimate of drug-likeness (QED) is 0.655. The summed E-state index contributed by atoms with van der Waals surface area (Å²) < 4.78 is 5.68. The fourth-order valence-electron chi connectivity index (χ4n) is 2.69. The minimum atomic E-state index is -0.405. The van der Waals surface area contributed by atoms with Gasteiger partial charge in [0.1, 0.15) is 18.9 Å². The molecule has 0 aliphatic carbocycles. The van der Waals surface area contributed by atoms with Crippen molar-refractivity contribution < 1.29 is 19.1 Å². The van der Waals surface area contributed by atoms with Crippen LogP contribution >= 0.6 is 0 Å². The number of carbonyl (C=O) groups excluding carboxylic acids is 3. The van der Waals surface area contributed by atoms with Crippen LogP contribution in [-0.2, 0) is 14.4 Å².